The third kappa shape index (κ3) is 2.36. The van der Waals surface area contributed by atoms with Crippen molar-refractivity contribution in [2.24, 2.45) is 5.16 Å². The molecule has 0 saturated carbocycles. The lowest BCUT2D eigenvalue weighted by Crippen LogP contribution is -2.11. The van der Waals surface area contributed by atoms with Crippen molar-refractivity contribution in [3.63, 3.8) is 0 Å². The molecule has 3 nitrogen and oxygen atoms in total. The molecule has 0 spiro atoms. The minimum atomic E-state index is -0.382. The van der Waals surface area contributed by atoms with Gasteiger partial charge in [0.1, 0.15) is 0 Å². The molecule has 0 bridgehead atoms. The maximum atomic E-state index is 10.9. The monoisotopic (exact) mass is 271 g/mol. The van der Waals surface area contributed by atoms with Crippen molar-refractivity contribution in [2.45, 2.75) is 18.2 Å². The molecule has 0 radical (unpaired) electrons. The number of nitrogens with zero attached hydrogens (tertiary/aromatic N) is 1. The average molecular weight is 271 g/mol. The molecule has 96 valence electrons. The van der Waals surface area contributed by atoms with Gasteiger partial charge in [-0.15, -0.1) is 11.8 Å². The summed E-state index contributed by atoms with van der Waals surface area (Å²) in [4.78, 5) is 17.0. The molecule has 4 heteroatoms. The van der Waals surface area contributed by atoms with Crippen LogP contribution < -0.4 is 0 Å². The molecular formula is C15H13NO2S. The van der Waals surface area contributed by atoms with E-state index < -0.39 is 0 Å². The van der Waals surface area contributed by atoms with Crippen LogP contribution in [0, 0.1) is 0 Å². The molecule has 0 unspecified atom stereocenters. The van der Waals surface area contributed by atoms with E-state index in [2.05, 4.69) is 29.4 Å². The summed E-state index contributed by atoms with van der Waals surface area (Å²) in [6.45, 7) is 1.37. The SMILES string of the molecule is CC(=O)ON=C1CCSc2ccc3ccccc3c21. The standard InChI is InChI=1S/C15H13NO2S/c1-10(17)18-16-13-8-9-19-14-7-6-11-4-2-3-5-12(11)15(13)14/h2-7H,8-9H2,1H3. The first kappa shape index (κ1) is 12.2. The number of rotatable bonds is 1. The number of carbonyl (C=O) groups excluding carboxylic acids is 1. The van der Waals surface area contributed by atoms with E-state index >= 15 is 0 Å². The number of hydrogen-bond acceptors (Lipinski definition) is 4. The Morgan fingerprint density at radius 3 is 2.95 bits per heavy atom. The van der Waals surface area contributed by atoms with Gasteiger partial charge < -0.3 is 4.84 Å². The Labute approximate surface area is 115 Å². The second-order valence-corrected chi connectivity index (χ2v) is 5.52. The lowest BCUT2D eigenvalue weighted by atomic mass is 9.99. The van der Waals surface area contributed by atoms with Crippen LogP contribution in [0.15, 0.2) is 46.4 Å². The van der Waals surface area contributed by atoms with Crippen molar-refractivity contribution < 1.29 is 9.63 Å². The van der Waals surface area contributed by atoms with Crippen LogP contribution in [-0.2, 0) is 9.63 Å². The van der Waals surface area contributed by atoms with E-state index in [1.165, 1.54) is 17.2 Å². The Balaban J connectivity index is 2.18. The third-order valence-electron chi connectivity index (χ3n) is 3.06. The summed E-state index contributed by atoms with van der Waals surface area (Å²) in [5.74, 6) is 0.582. The second kappa shape index (κ2) is 5.05. The number of carbonyl (C=O) groups is 1. The van der Waals surface area contributed by atoms with Gasteiger partial charge in [-0.3, -0.25) is 0 Å². The van der Waals surface area contributed by atoms with Gasteiger partial charge in [0.15, 0.2) is 0 Å². The summed E-state index contributed by atoms with van der Waals surface area (Å²) >= 11 is 1.82. The van der Waals surface area contributed by atoms with Gasteiger partial charge in [0, 0.05) is 29.6 Å². The van der Waals surface area contributed by atoms with Crippen LogP contribution in [0.4, 0.5) is 0 Å². The van der Waals surface area contributed by atoms with Crippen molar-refractivity contribution in [2.75, 3.05) is 5.75 Å². The van der Waals surface area contributed by atoms with Gasteiger partial charge in [0.05, 0.1) is 5.71 Å². The van der Waals surface area contributed by atoms with E-state index in [0.29, 0.717) is 0 Å². The molecule has 0 aliphatic carbocycles. The van der Waals surface area contributed by atoms with Gasteiger partial charge in [0.2, 0.25) is 0 Å². The van der Waals surface area contributed by atoms with Crippen LogP contribution in [-0.4, -0.2) is 17.4 Å². The van der Waals surface area contributed by atoms with Crippen molar-refractivity contribution in [3.8, 4) is 0 Å². The molecule has 0 N–H and O–H groups in total. The summed E-state index contributed by atoms with van der Waals surface area (Å²) < 4.78 is 0. The molecule has 1 aliphatic rings. The van der Waals surface area contributed by atoms with Gasteiger partial charge in [-0.2, -0.15) is 0 Å². The predicted molar refractivity (Wildman–Crippen MR) is 77.6 cm³/mol. The van der Waals surface area contributed by atoms with Crippen molar-refractivity contribution >= 4 is 34.2 Å². The van der Waals surface area contributed by atoms with Gasteiger partial charge in [-0.25, -0.2) is 4.79 Å². The summed E-state index contributed by atoms with van der Waals surface area (Å²) in [6, 6.07) is 12.4. The molecule has 19 heavy (non-hydrogen) atoms. The van der Waals surface area contributed by atoms with Crippen LogP contribution in [0.5, 0.6) is 0 Å². The van der Waals surface area contributed by atoms with Crippen molar-refractivity contribution in [1.29, 1.82) is 0 Å². The molecule has 2 aromatic carbocycles. The predicted octanol–water partition coefficient (Wildman–Crippen LogP) is 3.60. The molecule has 3 rings (SSSR count). The highest BCUT2D eigenvalue weighted by Gasteiger charge is 2.19. The maximum absolute atomic E-state index is 10.9. The molecule has 0 atom stereocenters. The molecule has 0 fully saturated rings. The van der Waals surface area contributed by atoms with E-state index in [9.17, 15) is 4.79 Å². The van der Waals surface area contributed by atoms with E-state index in [4.69, 9.17) is 4.84 Å². The Kier molecular flexibility index (Phi) is 3.25. The quantitative estimate of drug-likeness (QED) is 0.587. The lowest BCUT2D eigenvalue weighted by Gasteiger charge is -2.18. The summed E-state index contributed by atoms with van der Waals surface area (Å²) in [5, 5.41) is 6.37. The summed E-state index contributed by atoms with van der Waals surface area (Å²) in [5.41, 5.74) is 1.97. The van der Waals surface area contributed by atoms with Crippen LogP contribution in [0.1, 0.15) is 18.9 Å². The highest BCUT2D eigenvalue weighted by molar-refractivity contribution is 7.99. The fourth-order valence-corrected chi connectivity index (χ4v) is 3.31. The smallest absolute Gasteiger partial charge is 0.318 e. The lowest BCUT2D eigenvalue weighted by molar-refractivity contribution is -0.140. The number of fused-ring (bicyclic) bond motifs is 3. The van der Waals surface area contributed by atoms with E-state index in [1.54, 1.807) is 0 Å². The van der Waals surface area contributed by atoms with E-state index in [1.807, 2.05) is 23.9 Å². The number of hydrogen-bond donors (Lipinski definition) is 0. The zero-order valence-corrected chi connectivity index (χ0v) is 11.4. The first-order valence-corrected chi connectivity index (χ1v) is 7.13. The Morgan fingerprint density at radius 2 is 2.11 bits per heavy atom. The van der Waals surface area contributed by atoms with Crippen LogP contribution in [0.25, 0.3) is 10.8 Å². The van der Waals surface area contributed by atoms with Gasteiger partial charge in [-0.05, 0) is 16.8 Å². The zero-order valence-electron chi connectivity index (χ0n) is 10.6. The first-order valence-electron chi connectivity index (χ1n) is 6.15. The third-order valence-corrected chi connectivity index (χ3v) is 4.12. The molecule has 0 amide bonds. The fraction of sp³-hybridized carbons (Fsp3) is 0.200. The van der Waals surface area contributed by atoms with Crippen LogP contribution in [0.3, 0.4) is 0 Å². The molecule has 1 aliphatic heterocycles. The van der Waals surface area contributed by atoms with Gasteiger partial charge in [0.25, 0.3) is 0 Å². The minimum absolute atomic E-state index is 0.382. The van der Waals surface area contributed by atoms with Gasteiger partial charge in [-0.1, -0.05) is 35.5 Å². The molecule has 2 aromatic rings. The van der Waals surface area contributed by atoms with Crippen molar-refractivity contribution in [3.05, 3.63) is 42.0 Å². The molecule has 0 aromatic heterocycles. The summed E-state index contributed by atoms with van der Waals surface area (Å²) in [6.07, 6.45) is 0.818. The first-order chi connectivity index (χ1) is 9.25. The summed E-state index contributed by atoms with van der Waals surface area (Å²) in [7, 11) is 0. The molecule has 0 saturated heterocycles. The number of oxime groups is 1. The Hall–Kier alpha value is -1.81. The zero-order chi connectivity index (χ0) is 13.2. The topological polar surface area (TPSA) is 38.7 Å². The van der Waals surface area contributed by atoms with Crippen molar-refractivity contribution in [1.82, 2.24) is 0 Å². The average Bonchev–Trinajstić information content (AvgIpc) is 2.44. The normalized spacial score (nSPS) is 16.4. The Bertz CT molecular complexity index is 679. The largest absolute Gasteiger partial charge is 0.331 e. The van der Waals surface area contributed by atoms with Crippen LogP contribution >= 0.6 is 11.8 Å². The number of thioether (sulfide) groups is 1. The fourth-order valence-electron chi connectivity index (χ4n) is 2.26. The second-order valence-electron chi connectivity index (χ2n) is 4.38. The van der Waals surface area contributed by atoms with Crippen LogP contribution in [0.2, 0.25) is 0 Å². The molecular weight excluding hydrogens is 258 g/mol. The molecule has 1 heterocycles. The minimum Gasteiger partial charge on any atom is -0.318 e. The highest BCUT2D eigenvalue weighted by Crippen LogP contribution is 2.35. The van der Waals surface area contributed by atoms with E-state index in [0.717, 1.165) is 28.8 Å². The maximum Gasteiger partial charge on any atom is 0.331 e. The van der Waals surface area contributed by atoms with E-state index in [-0.39, 0.29) is 5.97 Å². The number of benzene rings is 2. The highest BCUT2D eigenvalue weighted by atomic mass is 32.2. The Morgan fingerprint density at radius 1 is 1.26 bits per heavy atom. The van der Waals surface area contributed by atoms with Gasteiger partial charge >= 0.3 is 5.97 Å².